The molecule has 30 heavy (non-hydrogen) atoms. The molecule has 0 aliphatic heterocycles. The molecule has 166 valence electrons. The number of carbonyl (C=O) groups excluding carboxylic acids is 2. The van der Waals surface area contributed by atoms with Crippen LogP contribution in [0.4, 0.5) is 0 Å². The number of methoxy groups -OCH3 is 1. The summed E-state index contributed by atoms with van der Waals surface area (Å²) in [6.07, 6.45) is 2.80. The van der Waals surface area contributed by atoms with Crippen molar-refractivity contribution in [2.75, 3.05) is 13.7 Å². The number of fused-ring (bicyclic) bond motifs is 5. The van der Waals surface area contributed by atoms with E-state index in [0.717, 1.165) is 0 Å². The molecule has 0 radical (unpaired) electrons. The monoisotopic (exact) mass is 420 g/mol. The van der Waals surface area contributed by atoms with Crippen LogP contribution >= 0.6 is 0 Å². The van der Waals surface area contributed by atoms with Crippen molar-refractivity contribution in [1.82, 2.24) is 0 Å². The number of ketones is 1. The Balaban J connectivity index is 1.96. The Bertz CT molecular complexity index is 873. The zero-order chi connectivity index (χ0) is 22.4. The van der Waals surface area contributed by atoms with Gasteiger partial charge in [-0.2, -0.15) is 0 Å². The van der Waals surface area contributed by atoms with Gasteiger partial charge in [-0.25, -0.2) is 0 Å². The Hall–Kier alpha value is -1.54. The molecule has 0 heterocycles. The summed E-state index contributed by atoms with van der Waals surface area (Å²) in [5.74, 6) is -3.10. The standard InChI is InChI=1S/C23H32O7/c1-11-7-16-21(27,18(11)26)9-14(10-24)8-15-17-20(4,5)23(17,30-13(3)25)19(29-6)12(2)22(15,16)28/h7-8,12,15-17,19,24,27-28H,9-10H2,1-6H3/t12-,15+,16-,17+,19-,21-,22-,23?/m1/s1. The third-order valence-electron chi connectivity index (χ3n) is 8.52. The molecular formula is C23H32O7. The highest BCUT2D eigenvalue weighted by atomic mass is 16.6. The van der Waals surface area contributed by atoms with Crippen molar-refractivity contribution in [3.63, 3.8) is 0 Å². The summed E-state index contributed by atoms with van der Waals surface area (Å²) in [5, 5.41) is 33.8. The third kappa shape index (κ3) is 2.24. The minimum atomic E-state index is -1.82. The molecule has 7 heteroatoms. The minimum absolute atomic E-state index is 0.0439. The highest BCUT2D eigenvalue weighted by Gasteiger charge is 2.87. The van der Waals surface area contributed by atoms with Gasteiger partial charge in [-0.1, -0.05) is 32.9 Å². The number of aliphatic hydroxyl groups is 3. The van der Waals surface area contributed by atoms with Gasteiger partial charge in [0.2, 0.25) is 0 Å². The van der Waals surface area contributed by atoms with E-state index in [0.29, 0.717) is 11.1 Å². The molecule has 8 atom stereocenters. The number of hydrogen-bond acceptors (Lipinski definition) is 7. The molecule has 0 amide bonds. The Kier molecular flexibility index (Phi) is 4.52. The van der Waals surface area contributed by atoms with E-state index in [1.54, 1.807) is 19.1 Å². The first-order valence-electron chi connectivity index (χ1n) is 10.5. The summed E-state index contributed by atoms with van der Waals surface area (Å²) in [5.41, 5.74) is -3.89. The fourth-order valence-corrected chi connectivity index (χ4v) is 7.25. The van der Waals surface area contributed by atoms with Gasteiger partial charge in [0.15, 0.2) is 5.78 Å². The van der Waals surface area contributed by atoms with Crippen LogP contribution in [-0.4, -0.2) is 63.7 Å². The fourth-order valence-electron chi connectivity index (χ4n) is 7.25. The van der Waals surface area contributed by atoms with Crippen LogP contribution in [0.25, 0.3) is 0 Å². The van der Waals surface area contributed by atoms with Crippen molar-refractivity contribution in [3.05, 3.63) is 23.3 Å². The van der Waals surface area contributed by atoms with Gasteiger partial charge in [-0.05, 0) is 18.1 Å². The second-order valence-electron chi connectivity index (χ2n) is 10.2. The van der Waals surface area contributed by atoms with Gasteiger partial charge in [0.1, 0.15) is 17.3 Å². The molecule has 2 fully saturated rings. The average Bonchev–Trinajstić information content (AvgIpc) is 3.07. The largest absolute Gasteiger partial charge is 0.456 e. The lowest BCUT2D eigenvalue weighted by Gasteiger charge is -2.53. The number of Topliss-reactive ketones (excluding diaryl/α,β-unsaturated/α-hetero) is 1. The Labute approximate surface area is 176 Å². The maximum Gasteiger partial charge on any atom is 0.303 e. The Morgan fingerprint density at radius 3 is 2.43 bits per heavy atom. The summed E-state index contributed by atoms with van der Waals surface area (Å²) in [4.78, 5) is 25.0. The van der Waals surface area contributed by atoms with E-state index < -0.39 is 57.8 Å². The summed E-state index contributed by atoms with van der Waals surface area (Å²) in [6, 6.07) is 0. The average molecular weight is 421 g/mol. The molecule has 4 aliphatic rings. The number of hydrogen-bond donors (Lipinski definition) is 3. The van der Waals surface area contributed by atoms with Gasteiger partial charge in [0.05, 0.1) is 12.2 Å². The van der Waals surface area contributed by atoms with Crippen LogP contribution < -0.4 is 0 Å². The van der Waals surface area contributed by atoms with E-state index in [2.05, 4.69) is 0 Å². The molecule has 4 aliphatic carbocycles. The van der Waals surface area contributed by atoms with Crippen LogP contribution in [0.15, 0.2) is 23.3 Å². The van der Waals surface area contributed by atoms with Gasteiger partial charge in [0, 0.05) is 49.5 Å². The lowest BCUT2D eigenvalue weighted by atomic mass is 9.59. The molecule has 1 unspecified atom stereocenters. The first kappa shape index (κ1) is 21.7. The van der Waals surface area contributed by atoms with Crippen LogP contribution in [0.1, 0.15) is 41.0 Å². The third-order valence-corrected chi connectivity index (χ3v) is 8.52. The second-order valence-corrected chi connectivity index (χ2v) is 10.2. The first-order valence-corrected chi connectivity index (χ1v) is 10.5. The predicted octanol–water partition coefficient (Wildman–Crippen LogP) is 1.15. The maximum atomic E-state index is 12.9. The molecule has 0 saturated heterocycles. The smallest absolute Gasteiger partial charge is 0.303 e. The zero-order valence-electron chi connectivity index (χ0n) is 18.4. The molecule has 0 aromatic rings. The van der Waals surface area contributed by atoms with Crippen molar-refractivity contribution in [2.45, 2.75) is 63.9 Å². The van der Waals surface area contributed by atoms with Crippen LogP contribution in [-0.2, 0) is 19.1 Å². The molecule has 0 aromatic carbocycles. The molecule has 0 spiro atoms. The highest BCUT2D eigenvalue weighted by molar-refractivity contribution is 6.04. The van der Waals surface area contributed by atoms with E-state index >= 15 is 0 Å². The van der Waals surface area contributed by atoms with Crippen molar-refractivity contribution in [2.24, 2.45) is 29.1 Å². The first-order chi connectivity index (χ1) is 13.8. The van der Waals surface area contributed by atoms with Gasteiger partial charge in [0.25, 0.3) is 0 Å². The quantitative estimate of drug-likeness (QED) is 0.464. The summed E-state index contributed by atoms with van der Waals surface area (Å²) >= 11 is 0. The number of aliphatic hydroxyl groups excluding tert-OH is 1. The van der Waals surface area contributed by atoms with Gasteiger partial charge in [-0.15, -0.1) is 0 Å². The van der Waals surface area contributed by atoms with Gasteiger partial charge in [-0.3, -0.25) is 9.59 Å². The van der Waals surface area contributed by atoms with E-state index in [-0.39, 0.29) is 18.9 Å². The molecule has 7 nitrogen and oxygen atoms in total. The van der Waals surface area contributed by atoms with E-state index in [1.807, 2.05) is 20.8 Å². The van der Waals surface area contributed by atoms with Crippen LogP contribution in [0, 0.1) is 29.1 Å². The number of ether oxygens (including phenoxy) is 2. The molecular weight excluding hydrogens is 388 g/mol. The zero-order valence-corrected chi connectivity index (χ0v) is 18.4. The molecule has 3 N–H and O–H groups in total. The van der Waals surface area contributed by atoms with Crippen LogP contribution in [0.3, 0.4) is 0 Å². The second kappa shape index (κ2) is 6.25. The lowest BCUT2D eigenvalue weighted by Crippen LogP contribution is -2.65. The normalized spacial score (nSPS) is 48.6. The van der Waals surface area contributed by atoms with Crippen molar-refractivity contribution < 1.29 is 34.4 Å². The van der Waals surface area contributed by atoms with E-state index in [1.165, 1.54) is 14.0 Å². The SMILES string of the molecule is CO[C@@H]1[C@@H](C)[C@@]2(O)[C@@H](C=C(CO)C[C@]3(O)C(=O)C(C)=C[C@@H]23)[C@H]2C(C)(C)C12OC(C)=O. The summed E-state index contributed by atoms with van der Waals surface area (Å²) in [7, 11) is 1.53. The van der Waals surface area contributed by atoms with Crippen molar-refractivity contribution >= 4 is 11.8 Å². The van der Waals surface area contributed by atoms with Crippen LogP contribution in [0.2, 0.25) is 0 Å². The predicted molar refractivity (Wildman–Crippen MR) is 107 cm³/mol. The molecule has 2 saturated carbocycles. The minimum Gasteiger partial charge on any atom is -0.456 e. The summed E-state index contributed by atoms with van der Waals surface area (Å²) < 4.78 is 11.8. The van der Waals surface area contributed by atoms with Gasteiger partial charge < -0.3 is 24.8 Å². The van der Waals surface area contributed by atoms with Gasteiger partial charge >= 0.3 is 5.97 Å². The van der Waals surface area contributed by atoms with E-state index in [4.69, 9.17) is 9.47 Å². The Morgan fingerprint density at radius 2 is 1.90 bits per heavy atom. The maximum absolute atomic E-state index is 12.9. The van der Waals surface area contributed by atoms with Crippen molar-refractivity contribution in [1.29, 1.82) is 0 Å². The Morgan fingerprint density at radius 1 is 1.27 bits per heavy atom. The molecule has 0 bridgehead atoms. The lowest BCUT2D eigenvalue weighted by molar-refractivity contribution is -0.224. The number of esters is 1. The van der Waals surface area contributed by atoms with Crippen molar-refractivity contribution in [3.8, 4) is 0 Å². The number of carbonyl (C=O) groups is 2. The highest BCUT2D eigenvalue weighted by Crippen LogP contribution is 2.77. The summed E-state index contributed by atoms with van der Waals surface area (Å²) in [6.45, 7) is 8.46. The van der Waals surface area contributed by atoms with E-state index in [9.17, 15) is 24.9 Å². The van der Waals surface area contributed by atoms with Crippen LogP contribution in [0.5, 0.6) is 0 Å². The fraction of sp³-hybridized carbons (Fsp3) is 0.739. The topological polar surface area (TPSA) is 113 Å². The molecule has 0 aromatic heterocycles. The molecule has 4 rings (SSSR count). The number of rotatable bonds is 3.